The highest BCUT2D eigenvalue weighted by molar-refractivity contribution is 5.96. The number of benzene rings is 1. The van der Waals surface area contributed by atoms with Crippen LogP contribution in [0.2, 0.25) is 0 Å². The van der Waals surface area contributed by atoms with E-state index in [1.54, 1.807) is 0 Å². The van der Waals surface area contributed by atoms with E-state index in [0.29, 0.717) is 0 Å². The molecule has 1 heterocycles. The van der Waals surface area contributed by atoms with Gasteiger partial charge in [0.25, 0.3) is 0 Å². The molecule has 1 unspecified atom stereocenters. The van der Waals surface area contributed by atoms with Crippen LogP contribution in [0.3, 0.4) is 0 Å². The molecule has 0 saturated heterocycles. The smallest absolute Gasteiger partial charge is 0.241 e. The number of aryl methyl sites for hydroxylation is 1. The molecule has 2 aliphatic rings. The van der Waals surface area contributed by atoms with Crippen LogP contribution in [0.25, 0.3) is 0 Å². The lowest BCUT2D eigenvalue weighted by Gasteiger charge is -2.15. The van der Waals surface area contributed by atoms with Crippen molar-refractivity contribution in [2.75, 3.05) is 25.1 Å². The molecule has 2 N–H and O–H groups in total. The number of rotatable bonds is 7. The number of carbonyl (C=O) groups excluding carboxylic acids is 1. The fourth-order valence-corrected chi connectivity index (χ4v) is 2.69. The van der Waals surface area contributed by atoms with Crippen molar-refractivity contribution in [1.29, 1.82) is 0 Å². The van der Waals surface area contributed by atoms with E-state index in [1.165, 1.54) is 18.4 Å². The highest BCUT2D eigenvalue weighted by Gasteiger charge is 2.23. The molecule has 4 nitrogen and oxygen atoms in total. The molecule has 1 aromatic carbocycles. The fraction of sp³-hybridized carbons (Fsp3) is 0.588. The van der Waals surface area contributed by atoms with Gasteiger partial charge in [0.1, 0.15) is 0 Å². The van der Waals surface area contributed by atoms with Crippen molar-refractivity contribution < 1.29 is 9.53 Å². The first-order valence-electron chi connectivity index (χ1n) is 8.03. The van der Waals surface area contributed by atoms with Crippen LogP contribution < -0.4 is 10.6 Å². The zero-order valence-electron chi connectivity index (χ0n) is 12.4. The van der Waals surface area contributed by atoms with Gasteiger partial charge >= 0.3 is 0 Å². The number of para-hydroxylation sites is 1. The Bertz CT molecular complexity index is 485. The summed E-state index contributed by atoms with van der Waals surface area (Å²) < 4.78 is 5.61. The van der Waals surface area contributed by atoms with Crippen molar-refractivity contribution >= 4 is 11.6 Å². The molecule has 1 saturated carbocycles. The highest BCUT2D eigenvalue weighted by Crippen LogP contribution is 2.28. The summed E-state index contributed by atoms with van der Waals surface area (Å²) in [5.41, 5.74) is 2.18. The zero-order chi connectivity index (χ0) is 14.5. The highest BCUT2D eigenvalue weighted by atomic mass is 16.5. The maximum absolute atomic E-state index is 12.2. The van der Waals surface area contributed by atoms with Crippen molar-refractivity contribution in [2.24, 2.45) is 5.92 Å². The lowest BCUT2D eigenvalue weighted by atomic mass is 10.1. The number of hydrogen-bond donors (Lipinski definition) is 2. The average Bonchev–Trinajstić information content (AvgIpc) is 3.31. The predicted octanol–water partition coefficient (Wildman–Crippen LogP) is 2.35. The van der Waals surface area contributed by atoms with Gasteiger partial charge in [-0.3, -0.25) is 4.79 Å². The van der Waals surface area contributed by atoms with Crippen LogP contribution >= 0.6 is 0 Å². The molecule has 4 heteroatoms. The van der Waals surface area contributed by atoms with E-state index >= 15 is 0 Å². The van der Waals surface area contributed by atoms with Crippen molar-refractivity contribution in [3.63, 3.8) is 0 Å². The largest absolute Gasteiger partial charge is 0.381 e. The SMILES string of the molecule is O=C1Nc2ccccc2CCC1NCCCOCC1CC1. The van der Waals surface area contributed by atoms with E-state index in [0.717, 1.165) is 50.6 Å². The first kappa shape index (κ1) is 14.5. The molecule has 1 amide bonds. The lowest BCUT2D eigenvalue weighted by Crippen LogP contribution is -2.40. The summed E-state index contributed by atoms with van der Waals surface area (Å²) in [6.07, 6.45) is 5.42. The Labute approximate surface area is 126 Å². The van der Waals surface area contributed by atoms with E-state index in [9.17, 15) is 4.79 Å². The number of ether oxygens (including phenoxy) is 1. The minimum Gasteiger partial charge on any atom is -0.381 e. The topological polar surface area (TPSA) is 50.4 Å². The standard InChI is InChI=1S/C17H24N2O2/c20-17-16(18-10-3-11-21-12-13-6-7-13)9-8-14-4-1-2-5-15(14)19-17/h1-2,4-5,13,16,18H,3,6-12H2,(H,19,20). The van der Waals surface area contributed by atoms with Crippen LogP contribution in [0.5, 0.6) is 0 Å². The van der Waals surface area contributed by atoms with Crippen LogP contribution in [0.4, 0.5) is 5.69 Å². The van der Waals surface area contributed by atoms with Crippen molar-refractivity contribution in [3.8, 4) is 0 Å². The molecule has 1 aliphatic carbocycles. The van der Waals surface area contributed by atoms with Crippen molar-refractivity contribution in [3.05, 3.63) is 29.8 Å². The summed E-state index contributed by atoms with van der Waals surface area (Å²) in [5, 5.41) is 6.37. The van der Waals surface area contributed by atoms with Crippen molar-refractivity contribution in [1.82, 2.24) is 5.32 Å². The Hall–Kier alpha value is -1.39. The Morgan fingerprint density at radius 1 is 1.24 bits per heavy atom. The van der Waals surface area contributed by atoms with E-state index in [1.807, 2.05) is 18.2 Å². The number of hydrogen-bond acceptors (Lipinski definition) is 3. The van der Waals surface area contributed by atoms with E-state index in [-0.39, 0.29) is 11.9 Å². The Morgan fingerprint density at radius 3 is 2.95 bits per heavy atom. The van der Waals surface area contributed by atoms with Gasteiger partial charge in [0.2, 0.25) is 5.91 Å². The third-order valence-electron chi connectivity index (χ3n) is 4.20. The Kier molecular flexibility index (Phi) is 4.88. The maximum atomic E-state index is 12.2. The summed E-state index contributed by atoms with van der Waals surface area (Å²) in [6.45, 7) is 2.54. The van der Waals surface area contributed by atoms with Gasteiger partial charge < -0.3 is 15.4 Å². The van der Waals surface area contributed by atoms with Gasteiger partial charge in [-0.1, -0.05) is 18.2 Å². The Balaban J connectivity index is 1.38. The van der Waals surface area contributed by atoms with Gasteiger partial charge in [0.15, 0.2) is 0 Å². The van der Waals surface area contributed by atoms with Gasteiger partial charge in [-0.15, -0.1) is 0 Å². The normalized spacial score (nSPS) is 21.5. The number of anilines is 1. The molecule has 1 aliphatic heterocycles. The summed E-state index contributed by atoms with van der Waals surface area (Å²) in [5.74, 6) is 0.906. The number of amides is 1. The van der Waals surface area contributed by atoms with Crippen LogP contribution in [-0.2, 0) is 16.0 Å². The second-order valence-electron chi connectivity index (χ2n) is 6.06. The van der Waals surface area contributed by atoms with Crippen molar-refractivity contribution in [2.45, 2.75) is 38.1 Å². The van der Waals surface area contributed by atoms with Gasteiger partial charge in [0, 0.05) is 18.9 Å². The quantitative estimate of drug-likeness (QED) is 0.757. The molecule has 3 rings (SSSR count). The molecule has 0 aromatic heterocycles. The predicted molar refractivity (Wildman–Crippen MR) is 83.3 cm³/mol. The molecular formula is C17H24N2O2. The number of nitrogens with one attached hydrogen (secondary N) is 2. The molecule has 0 radical (unpaired) electrons. The first-order chi connectivity index (χ1) is 10.3. The van der Waals surface area contributed by atoms with Gasteiger partial charge in [-0.25, -0.2) is 0 Å². The summed E-state index contributed by atoms with van der Waals surface area (Å²) in [7, 11) is 0. The maximum Gasteiger partial charge on any atom is 0.241 e. The van der Waals surface area contributed by atoms with Crippen LogP contribution in [0.15, 0.2) is 24.3 Å². The van der Waals surface area contributed by atoms with Crippen LogP contribution in [0, 0.1) is 5.92 Å². The molecule has 0 bridgehead atoms. The number of fused-ring (bicyclic) bond motifs is 1. The van der Waals surface area contributed by atoms with E-state index in [4.69, 9.17) is 4.74 Å². The Morgan fingerprint density at radius 2 is 2.10 bits per heavy atom. The van der Waals surface area contributed by atoms with Gasteiger partial charge in [-0.2, -0.15) is 0 Å². The monoisotopic (exact) mass is 288 g/mol. The fourth-order valence-electron chi connectivity index (χ4n) is 2.69. The third kappa shape index (κ3) is 4.29. The molecule has 1 aromatic rings. The minimum absolute atomic E-state index is 0.0823. The second-order valence-corrected chi connectivity index (χ2v) is 6.06. The zero-order valence-corrected chi connectivity index (χ0v) is 12.4. The number of carbonyl (C=O) groups is 1. The molecule has 114 valence electrons. The van der Waals surface area contributed by atoms with E-state index in [2.05, 4.69) is 16.7 Å². The molecule has 21 heavy (non-hydrogen) atoms. The van der Waals surface area contributed by atoms with E-state index < -0.39 is 0 Å². The van der Waals surface area contributed by atoms with Gasteiger partial charge in [0.05, 0.1) is 6.04 Å². The molecule has 0 spiro atoms. The summed E-state index contributed by atoms with van der Waals surface area (Å²) in [4.78, 5) is 12.2. The minimum atomic E-state index is -0.0965. The van der Waals surface area contributed by atoms with Gasteiger partial charge in [-0.05, 0) is 56.2 Å². The first-order valence-corrected chi connectivity index (χ1v) is 8.03. The van der Waals surface area contributed by atoms with Crippen LogP contribution in [0.1, 0.15) is 31.2 Å². The van der Waals surface area contributed by atoms with Crippen LogP contribution in [-0.4, -0.2) is 31.7 Å². The second kappa shape index (κ2) is 7.05. The molecule has 1 atom stereocenters. The summed E-state index contributed by atoms with van der Waals surface area (Å²) in [6, 6.07) is 7.95. The molecular weight excluding hydrogens is 264 g/mol. The molecule has 1 fully saturated rings. The lowest BCUT2D eigenvalue weighted by molar-refractivity contribution is -0.118. The third-order valence-corrected chi connectivity index (χ3v) is 4.20. The summed E-state index contributed by atoms with van der Waals surface area (Å²) >= 11 is 0. The average molecular weight is 288 g/mol.